The van der Waals surface area contributed by atoms with Crippen LogP contribution in [0, 0.1) is 5.92 Å². The fourth-order valence-electron chi connectivity index (χ4n) is 2.03. The number of imidazole rings is 1. The van der Waals surface area contributed by atoms with Gasteiger partial charge in [0.2, 0.25) is 0 Å². The fraction of sp³-hybridized carbons (Fsp3) is 0.636. The van der Waals surface area contributed by atoms with Crippen LogP contribution < -0.4 is 5.73 Å². The van der Waals surface area contributed by atoms with Crippen molar-refractivity contribution < 1.29 is 4.79 Å². The number of carbonyl (C=O) groups is 1. The molecule has 1 heterocycles. The minimum Gasteiger partial charge on any atom is -0.335 e. The Hall–Kier alpha value is -1.36. The normalized spacial score (nSPS) is 17.2. The fourth-order valence-corrected chi connectivity index (χ4v) is 2.03. The molecule has 88 valence electrons. The molecule has 1 fully saturated rings. The first-order valence-corrected chi connectivity index (χ1v) is 5.59. The molecule has 5 heteroatoms. The average Bonchev–Trinajstić information content (AvgIpc) is 3.01. The molecular weight excluding hydrogens is 204 g/mol. The Labute approximate surface area is 95.2 Å². The lowest BCUT2D eigenvalue weighted by atomic mass is 10.1. The number of likely N-dealkylation sites (N-methyl/N-ethyl adjacent to an activating group) is 1. The number of aryl methyl sites for hydroxylation is 1. The van der Waals surface area contributed by atoms with Crippen LogP contribution in [0.5, 0.6) is 0 Å². The van der Waals surface area contributed by atoms with E-state index in [9.17, 15) is 4.79 Å². The molecule has 0 aliphatic heterocycles. The summed E-state index contributed by atoms with van der Waals surface area (Å²) in [6.45, 7) is 0.525. The van der Waals surface area contributed by atoms with E-state index in [1.54, 1.807) is 21.9 Å². The van der Waals surface area contributed by atoms with Gasteiger partial charge in [-0.3, -0.25) is 4.79 Å². The maximum absolute atomic E-state index is 12.1. The number of nitrogens with two attached hydrogens (primary N) is 1. The Bertz CT molecular complexity index is 383. The summed E-state index contributed by atoms with van der Waals surface area (Å²) in [5.74, 6) is 1.01. The van der Waals surface area contributed by atoms with Gasteiger partial charge in [-0.25, -0.2) is 4.98 Å². The Morgan fingerprint density at radius 2 is 2.44 bits per heavy atom. The van der Waals surface area contributed by atoms with Gasteiger partial charge in [-0.2, -0.15) is 0 Å². The van der Waals surface area contributed by atoms with Crippen LogP contribution in [0.2, 0.25) is 0 Å². The molecule has 1 aliphatic carbocycles. The van der Waals surface area contributed by atoms with Gasteiger partial charge in [0, 0.05) is 39.1 Å². The third-order valence-electron chi connectivity index (χ3n) is 3.24. The molecular formula is C11H18N4O. The van der Waals surface area contributed by atoms with Gasteiger partial charge < -0.3 is 15.2 Å². The maximum Gasteiger partial charge on any atom is 0.289 e. The molecule has 2 rings (SSSR count). The van der Waals surface area contributed by atoms with Crippen molar-refractivity contribution in [3.8, 4) is 0 Å². The lowest BCUT2D eigenvalue weighted by Crippen LogP contribution is -2.44. The Balaban J connectivity index is 2.11. The Kier molecular flexibility index (Phi) is 2.96. The molecule has 0 radical (unpaired) electrons. The van der Waals surface area contributed by atoms with Crippen molar-refractivity contribution in [2.45, 2.75) is 18.9 Å². The van der Waals surface area contributed by atoms with Crippen molar-refractivity contribution >= 4 is 5.91 Å². The monoisotopic (exact) mass is 222 g/mol. The van der Waals surface area contributed by atoms with E-state index in [4.69, 9.17) is 5.73 Å². The first kappa shape index (κ1) is 11.1. The number of carbonyl (C=O) groups excluding carboxylic acids is 1. The lowest BCUT2D eigenvalue weighted by Gasteiger charge is -2.26. The minimum atomic E-state index is -0.0464. The van der Waals surface area contributed by atoms with E-state index in [1.165, 1.54) is 12.8 Å². The van der Waals surface area contributed by atoms with Gasteiger partial charge in [-0.1, -0.05) is 0 Å². The van der Waals surface area contributed by atoms with Crippen molar-refractivity contribution in [2.75, 3.05) is 13.6 Å². The first-order chi connectivity index (χ1) is 7.65. The van der Waals surface area contributed by atoms with Crippen LogP contribution in [0.4, 0.5) is 0 Å². The summed E-state index contributed by atoms with van der Waals surface area (Å²) in [7, 11) is 3.63. The van der Waals surface area contributed by atoms with Crippen molar-refractivity contribution in [1.82, 2.24) is 14.5 Å². The third kappa shape index (κ3) is 1.95. The number of nitrogens with zero attached hydrogens (tertiary/aromatic N) is 3. The molecule has 0 spiro atoms. The summed E-state index contributed by atoms with van der Waals surface area (Å²) < 4.78 is 1.74. The summed E-state index contributed by atoms with van der Waals surface area (Å²) in [4.78, 5) is 17.9. The molecule has 1 amide bonds. The van der Waals surface area contributed by atoms with Gasteiger partial charge in [0.1, 0.15) is 0 Å². The van der Waals surface area contributed by atoms with E-state index in [2.05, 4.69) is 4.98 Å². The van der Waals surface area contributed by atoms with E-state index >= 15 is 0 Å². The average molecular weight is 222 g/mol. The van der Waals surface area contributed by atoms with Crippen molar-refractivity contribution in [2.24, 2.45) is 18.7 Å². The van der Waals surface area contributed by atoms with E-state index in [-0.39, 0.29) is 11.9 Å². The molecule has 1 unspecified atom stereocenters. The largest absolute Gasteiger partial charge is 0.335 e. The molecule has 1 aliphatic rings. The first-order valence-electron chi connectivity index (χ1n) is 5.59. The standard InChI is InChI=1S/C11H18N4O/c1-14-6-5-13-10(14)11(16)15(2)9(7-12)8-3-4-8/h5-6,8-9H,3-4,7,12H2,1-2H3. The van der Waals surface area contributed by atoms with Gasteiger partial charge in [0.15, 0.2) is 5.82 Å². The number of aromatic nitrogens is 2. The predicted molar refractivity (Wildman–Crippen MR) is 60.9 cm³/mol. The molecule has 0 saturated heterocycles. The predicted octanol–water partition coefficient (Wildman–Crippen LogP) is 0.229. The summed E-state index contributed by atoms with van der Waals surface area (Å²) >= 11 is 0. The number of rotatable bonds is 4. The summed E-state index contributed by atoms with van der Waals surface area (Å²) in [5.41, 5.74) is 5.72. The molecule has 0 bridgehead atoms. The SMILES string of the molecule is CN(C(=O)c1nccn1C)C(CN)C1CC1. The van der Waals surface area contributed by atoms with E-state index in [1.807, 2.05) is 14.1 Å². The van der Waals surface area contributed by atoms with Gasteiger partial charge >= 0.3 is 0 Å². The second kappa shape index (κ2) is 4.25. The van der Waals surface area contributed by atoms with Crippen molar-refractivity contribution in [3.05, 3.63) is 18.2 Å². The van der Waals surface area contributed by atoms with Crippen LogP contribution in [-0.2, 0) is 7.05 Å². The highest BCUT2D eigenvalue weighted by Crippen LogP contribution is 2.34. The van der Waals surface area contributed by atoms with Gasteiger partial charge in [0.05, 0.1) is 0 Å². The third-order valence-corrected chi connectivity index (χ3v) is 3.24. The zero-order valence-electron chi connectivity index (χ0n) is 9.76. The number of hydrogen-bond donors (Lipinski definition) is 1. The van der Waals surface area contributed by atoms with Crippen LogP contribution in [0.15, 0.2) is 12.4 Å². The highest BCUT2D eigenvalue weighted by atomic mass is 16.2. The Morgan fingerprint density at radius 1 is 1.75 bits per heavy atom. The minimum absolute atomic E-state index is 0.0464. The molecule has 1 saturated carbocycles. The molecule has 1 aromatic heterocycles. The number of hydrogen-bond acceptors (Lipinski definition) is 3. The van der Waals surface area contributed by atoms with E-state index < -0.39 is 0 Å². The van der Waals surface area contributed by atoms with Gasteiger partial charge in [0.25, 0.3) is 5.91 Å². The summed E-state index contributed by atoms with van der Waals surface area (Å²) in [6, 6.07) is 0.157. The molecule has 1 atom stereocenters. The van der Waals surface area contributed by atoms with Crippen molar-refractivity contribution in [1.29, 1.82) is 0 Å². The smallest absolute Gasteiger partial charge is 0.289 e. The summed E-state index contributed by atoms with van der Waals surface area (Å²) in [5, 5.41) is 0. The zero-order valence-corrected chi connectivity index (χ0v) is 9.76. The van der Waals surface area contributed by atoms with Crippen LogP contribution in [0.1, 0.15) is 23.5 Å². The second-order valence-electron chi connectivity index (χ2n) is 4.42. The van der Waals surface area contributed by atoms with Crippen LogP contribution in [-0.4, -0.2) is 40.0 Å². The van der Waals surface area contributed by atoms with E-state index in [0.29, 0.717) is 18.3 Å². The van der Waals surface area contributed by atoms with Gasteiger partial charge in [-0.15, -0.1) is 0 Å². The quantitative estimate of drug-likeness (QED) is 0.793. The Morgan fingerprint density at radius 3 is 2.88 bits per heavy atom. The molecule has 5 nitrogen and oxygen atoms in total. The second-order valence-corrected chi connectivity index (χ2v) is 4.42. The van der Waals surface area contributed by atoms with Crippen molar-refractivity contribution in [3.63, 3.8) is 0 Å². The molecule has 0 aromatic carbocycles. The zero-order chi connectivity index (χ0) is 11.7. The lowest BCUT2D eigenvalue weighted by molar-refractivity contribution is 0.0702. The van der Waals surface area contributed by atoms with Gasteiger partial charge in [-0.05, 0) is 18.8 Å². The summed E-state index contributed by atoms with van der Waals surface area (Å²) in [6.07, 6.45) is 5.77. The van der Waals surface area contributed by atoms with Crippen LogP contribution >= 0.6 is 0 Å². The highest BCUT2D eigenvalue weighted by Gasteiger charge is 2.35. The highest BCUT2D eigenvalue weighted by molar-refractivity contribution is 5.90. The van der Waals surface area contributed by atoms with Crippen LogP contribution in [0.25, 0.3) is 0 Å². The number of amides is 1. The molecule has 16 heavy (non-hydrogen) atoms. The maximum atomic E-state index is 12.1. The topological polar surface area (TPSA) is 64.2 Å². The molecule has 1 aromatic rings. The van der Waals surface area contributed by atoms with Crippen LogP contribution in [0.3, 0.4) is 0 Å². The van der Waals surface area contributed by atoms with E-state index in [0.717, 1.165) is 0 Å². The molecule has 2 N–H and O–H groups in total.